The van der Waals surface area contributed by atoms with Crippen LogP contribution in [-0.2, 0) is 0 Å². The molecule has 236 valence electrons. The van der Waals surface area contributed by atoms with E-state index in [1.807, 2.05) is 42.5 Å². The number of nitriles is 1. The molecule has 3 heteroatoms. The van der Waals surface area contributed by atoms with Gasteiger partial charge in [-0.3, -0.25) is 0 Å². The molecule has 3 nitrogen and oxygen atoms in total. The van der Waals surface area contributed by atoms with E-state index in [0.717, 1.165) is 33.9 Å². The van der Waals surface area contributed by atoms with Gasteiger partial charge in [-0.25, -0.2) is 0 Å². The van der Waals surface area contributed by atoms with Crippen LogP contribution >= 0.6 is 0 Å². The average Bonchev–Trinajstić information content (AvgIpc) is 3.54. The van der Waals surface area contributed by atoms with Crippen LogP contribution in [0.3, 0.4) is 0 Å². The van der Waals surface area contributed by atoms with Gasteiger partial charge in [0.2, 0.25) is 0 Å². The molecule has 0 spiro atoms. The van der Waals surface area contributed by atoms with Crippen LogP contribution in [0.1, 0.15) is 16.7 Å². The van der Waals surface area contributed by atoms with E-state index in [1.54, 1.807) is 0 Å². The van der Waals surface area contributed by atoms with Gasteiger partial charge in [-0.05, 0) is 95.1 Å². The highest BCUT2D eigenvalue weighted by molar-refractivity contribution is 6.06. The smallest absolute Gasteiger partial charge is 0.0991 e. The number of nitrogens with zero attached hydrogens (tertiary/aromatic N) is 3. The highest BCUT2D eigenvalue weighted by atomic mass is 15.1. The summed E-state index contributed by atoms with van der Waals surface area (Å²) in [6.45, 7) is 0. The maximum atomic E-state index is 9.32. The molecule has 7 aromatic carbocycles. The summed E-state index contributed by atoms with van der Waals surface area (Å²) in [5, 5.41) is 10.5. The quantitative estimate of drug-likeness (QED) is 0.155. The van der Waals surface area contributed by atoms with E-state index in [4.69, 9.17) is 0 Å². The van der Waals surface area contributed by atoms with Crippen molar-refractivity contribution in [3.63, 3.8) is 0 Å². The van der Waals surface area contributed by atoms with E-state index >= 15 is 0 Å². The van der Waals surface area contributed by atoms with Crippen molar-refractivity contribution in [2.24, 2.45) is 0 Å². The van der Waals surface area contributed by atoms with Gasteiger partial charge in [0.25, 0.3) is 0 Å². The van der Waals surface area contributed by atoms with E-state index in [2.05, 4.69) is 173 Å². The number of benzene rings is 7. The summed E-state index contributed by atoms with van der Waals surface area (Å²) < 4.78 is 2.39. The highest BCUT2D eigenvalue weighted by Crippen LogP contribution is 2.43. The minimum Gasteiger partial charge on any atom is -0.311 e. The van der Waals surface area contributed by atoms with Crippen LogP contribution in [0.4, 0.5) is 17.1 Å². The minimum absolute atomic E-state index is 0.643. The summed E-state index contributed by atoms with van der Waals surface area (Å²) in [5.74, 6) is 0. The van der Waals surface area contributed by atoms with Crippen molar-refractivity contribution in [1.82, 2.24) is 4.57 Å². The van der Waals surface area contributed by atoms with Crippen molar-refractivity contribution in [3.8, 4) is 34.1 Å². The summed E-state index contributed by atoms with van der Waals surface area (Å²) in [6.07, 6.45) is 4.37. The maximum absolute atomic E-state index is 9.32. The second-order valence-electron chi connectivity index (χ2n) is 12.2. The lowest BCUT2D eigenvalue weighted by molar-refractivity contribution is 1.13. The van der Waals surface area contributed by atoms with Gasteiger partial charge >= 0.3 is 0 Å². The summed E-state index contributed by atoms with van der Waals surface area (Å²) in [6, 6.07) is 67.6. The zero-order valence-corrected chi connectivity index (χ0v) is 27.4. The van der Waals surface area contributed by atoms with Crippen LogP contribution in [-0.4, -0.2) is 4.57 Å². The zero-order chi connectivity index (χ0) is 33.7. The monoisotopic (exact) mass is 639 g/mol. The predicted octanol–water partition coefficient (Wildman–Crippen LogP) is 12.5. The lowest BCUT2D eigenvalue weighted by Crippen LogP contribution is -2.09. The Morgan fingerprint density at radius 3 is 1.60 bits per heavy atom. The molecule has 0 fully saturated rings. The molecule has 50 heavy (non-hydrogen) atoms. The zero-order valence-electron chi connectivity index (χ0n) is 27.4. The summed E-state index contributed by atoms with van der Waals surface area (Å²) in [5.41, 5.74) is 13.0. The Morgan fingerprint density at radius 1 is 0.480 bits per heavy atom. The molecule has 0 saturated heterocycles. The van der Waals surface area contributed by atoms with E-state index in [9.17, 15) is 5.26 Å². The maximum Gasteiger partial charge on any atom is 0.0991 e. The van der Waals surface area contributed by atoms with E-state index < -0.39 is 0 Å². The lowest BCUT2D eigenvalue weighted by atomic mass is 9.97. The van der Waals surface area contributed by atoms with Gasteiger partial charge in [0, 0.05) is 33.7 Å². The molecule has 0 unspecified atom stereocenters. The van der Waals surface area contributed by atoms with Crippen molar-refractivity contribution in [2.45, 2.75) is 0 Å². The van der Waals surface area contributed by atoms with Crippen molar-refractivity contribution in [2.75, 3.05) is 4.90 Å². The third-order valence-corrected chi connectivity index (χ3v) is 9.00. The molecule has 0 aliphatic carbocycles. The summed E-state index contributed by atoms with van der Waals surface area (Å²) in [7, 11) is 0. The fourth-order valence-corrected chi connectivity index (χ4v) is 6.66. The van der Waals surface area contributed by atoms with Crippen LogP contribution in [0, 0.1) is 11.3 Å². The molecule has 0 aliphatic heterocycles. The molecule has 1 heterocycles. The molecular formula is C47H33N3. The highest BCUT2D eigenvalue weighted by Gasteiger charge is 2.21. The largest absolute Gasteiger partial charge is 0.311 e. The number of aromatic nitrogens is 1. The molecule has 1 aromatic heterocycles. The SMILES string of the molecule is N#Cc1ccc(N(c2ccccc2)c2ccc(C=Cc3ccc4c(c3)c(-c3ccccc3)c(-c3ccccc3)n4-c3ccccc3)cc2)cc1. The van der Waals surface area contributed by atoms with Gasteiger partial charge in [0.1, 0.15) is 0 Å². The molecule has 0 bridgehead atoms. The van der Waals surface area contributed by atoms with Crippen LogP contribution in [0.2, 0.25) is 0 Å². The molecule has 8 aromatic rings. The first-order valence-corrected chi connectivity index (χ1v) is 16.7. The van der Waals surface area contributed by atoms with Crippen LogP contribution < -0.4 is 4.90 Å². The number of hydrogen-bond acceptors (Lipinski definition) is 2. The summed E-state index contributed by atoms with van der Waals surface area (Å²) >= 11 is 0. The molecule has 0 aliphatic rings. The van der Waals surface area contributed by atoms with Crippen molar-refractivity contribution in [1.29, 1.82) is 5.26 Å². The minimum atomic E-state index is 0.643. The van der Waals surface area contributed by atoms with Crippen LogP contribution in [0.25, 0.3) is 51.1 Å². The first-order valence-electron chi connectivity index (χ1n) is 16.7. The lowest BCUT2D eigenvalue weighted by Gasteiger charge is -2.25. The van der Waals surface area contributed by atoms with Gasteiger partial charge in [0.15, 0.2) is 0 Å². The van der Waals surface area contributed by atoms with Gasteiger partial charge in [0.05, 0.1) is 22.8 Å². The Labute approximate surface area is 292 Å². The molecular weight excluding hydrogens is 607 g/mol. The second-order valence-corrected chi connectivity index (χ2v) is 12.2. The van der Waals surface area contributed by atoms with Crippen LogP contribution in [0.5, 0.6) is 0 Å². The number of anilines is 3. The third-order valence-electron chi connectivity index (χ3n) is 9.00. The predicted molar refractivity (Wildman–Crippen MR) is 209 cm³/mol. The average molecular weight is 640 g/mol. The molecule has 0 atom stereocenters. The van der Waals surface area contributed by atoms with E-state index in [0.29, 0.717) is 5.56 Å². The Hall–Kier alpha value is -6.89. The Balaban J connectivity index is 1.19. The molecule has 0 saturated carbocycles. The first kappa shape index (κ1) is 30.4. The first-order chi connectivity index (χ1) is 24.8. The standard InChI is InChI=1S/C47H33N3/c48-34-37-25-30-43(31-26-37)49(40-17-9-3-10-18-40)42-28-23-35(24-29-42)21-22-36-27-32-45-44(33-36)46(38-13-5-1-6-14-38)47(39-15-7-2-8-16-39)50(45)41-19-11-4-12-20-41/h1-33H. The van der Waals surface area contributed by atoms with Crippen molar-refractivity contribution >= 4 is 40.1 Å². The van der Waals surface area contributed by atoms with Gasteiger partial charge in [-0.15, -0.1) is 0 Å². The Bertz CT molecular complexity index is 2440. The number of rotatable bonds is 8. The number of hydrogen-bond donors (Lipinski definition) is 0. The molecule has 8 rings (SSSR count). The summed E-state index contributed by atoms with van der Waals surface area (Å²) in [4.78, 5) is 2.20. The van der Waals surface area contributed by atoms with Crippen molar-refractivity contribution in [3.05, 3.63) is 205 Å². The Morgan fingerprint density at radius 2 is 0.980 bits per heavy atom. The number of para-hydroxylation sites is 2. The topological polar surface area (TPSA) is 32.0 Å². The molecule has 0 N–H and O–H groups in total. The van der Waals surface area contributed by atoms with Gasteiger partial charge in [-0.2, -0.15) is 5.26 Å². The molecule has 0 amide bonds. The molecule has 0 radical (unpaired) electrons. The van der Waals surface area contributed by atoms with E-state index in [-0.39, 0.29) is 0 Å². The fraction of sp³-hybridized carbons (Fsp3) is 0. The third kappa shape index (κ3) is 5.99. The van der Waals surface area contributed by atoms with Gasteiger partial charge < -0.3 is 9.47 Å². The Kier molecular flexibility index (Phi) is 8.33. The second kappa shape index (κ2) is 13.7. The van der Waals surface area contributed by atoms with Crippen LogP contribution in [0.15, 0.2) is 188 Å². The van der Waals surface area contributed by atoms with Gasteiger partial charge in [-0.1, -0.05) is 127 Å². The normalized spacial score (nSPS) is 11.1. The number of fused-ring (bicyclic) bond motifs is 1. The fourth-order valence-electron chi connectivity index (χ4n) is 6.66. The van der Waals surface area contributed by atoms with E-state index in [1.165, 1.54) is 33.3 Å². The van der Waals surface area contributed by atoms with Crippen molar-refractivity contribution < 1.29 is 0 Å².